The van der Waals surface area contributed by atoms with Gasteiger partial charge >= 0.3 is 0 Å². The normalized spacial score (nSPS) is 15.8. The second-order valence-corrected chi connectivity index (χ2v) is 4.46. The first kappa shape index (κ1) is 12.6. The van der Waals surface area contributed by atoms with Gasteiger partial charge in [-0.15, -0.1) is 0 Å². The number of hydrogen-bond acceptors (Lipinski definition) is 3. The number of aliphatic hydroxyl groups is 1. The zero-order chi connectivity index (χ0) is 13.0. The van der Waals surface area contributed by atoms with Gasteiger partial charge in [0.2, 0.25) is 5.91 Å². The Kier molecular flexibility index (Phi) is 3.96. The molecule has 2 rings (SSSR count). The van der Waals surface area contributed by atoms with E-state index in [4.69, 9.17) is 5.11 Å². The Morgan fingerprint density at radius 1 is 1.44 bits per heavy atom. The van der Waals surface area contributed by atoms with E-state index in [-0.39, 0.29) is 18.6 Å². The molecule has 0 saturated heterocycles. The summed E-state index contributed by atoms with van der Waals surface area (Å²) in [6, 6.07) is 11.3. The van der Waals surface area contributed by atoms with Crippen LogP contribution in [0.4, 0.5) is 0 Å². The first-order chi connectivity index (χ1) is 8.77. The minimum Gasteiger partial charge on any atom is -0.395 e. The highest BCUT2D eigenvalue weighted by Crippen LogP contribution is 2.29. The molecule has 1 atom stereocenters. The standard InChI is InChI=1S/C14H16N2O2/c15-10-13(11-4-2-1-3-5-11)14(18)16(8-9-17)12-6-7-12/h1-5,12-13,17H,6-9H2. The number of benzene rings is 1. The van der Waals surface area contributed by atoms with Gasteiger partial charge in [0.1, 0.15) is 5.92 Å². The molecule has 1 unspecified atom stereocenters. The summed E-state index contributed by atoms with van der Waals surface area (Å²) >= 11 is 0. The van der Waals surface area contributed by atoms with E-state index < -0.39 is 5.92 Å². The van der Waals surface area contributed by atoms with Crippen LogP contribution >= 0.6 is 0 Å². The van der Waals surface area contributed by atoms with E-state index in [0.29, 0.717) is 12.1 Å². The average Bonchev–Trinajstić information content (AvgIpc) is 3.22. The Balaban J connectivity index is 2.17. The highest BCUT2D eigenvalue weighted by Gasteiger charge is 2.35. The summed E-state index contributed by atoms with van der Waals surface area (Å²) in [6.45, 7) is 0.254. The van der Waals surface area contributed by atoms with Crippen molar-refractivity contribution in [3.05, 3.63) is 35.9 Å². The van der Waals surface area contributed by atoms with E-state index in [1.807, 2.05) is 18.2 Å². The second-order valence-electron chi connectivity index (χ2n) is 4.46. The number of rotatable bonds is 5. The Morgan fingerprint density at radius 2 is 2.11 bits per heavy atom. The van der Waals surface area contributed by atoms with Crippen molar-refractivity contribution in [1.82, 2.24) is 4.90 Å². The van der Waals surface area contributed by atoms with Crippen molar-refractivity contribution < 1.29 is 9.90 Å². The van der Waals surface area contributed by atoms with Crippen molar-refractivity contribution in [2.24, 2.45) is 0 Å². The van der Waals surface area contributed by atoms with Crippen molar-refractivity contribution in [2.45, 2.75) is 24.8 Å². The van der Waals surface area contributed by atoms with E-state index in [2.05, 4.69) is 6.07 Å². The van der Waals surface area contributed by atoms with Crippen LogP contribution in [0.2, 0.25) is 0 Å². The van der Waals surface area contributed by atoms with Gasteiger partial charge in [0.05, 0.1) is 12.7 Å². The molecule has 1 aliphatic carbocycles. The fourth-order valence-corrected chi connectivity index (χ4v) is 2.05. The van der Waals surface area contributed by atoms with Crippen LogP contribution in [0.25, 0.3) is 0 Å². The van der Waals surface area contributed by atoms with Gasteiger partial charge in [-0.25, -0.2) is 0 Å². The number of carbonyl (C=O) groups is 1. The number of aliphatic hydroxyl groups excluding tert-OH is 1. The van der Waals surface area contributed by atoms with Crippen LogP contribution in [0, 0.1) is 11.3 Å². The van der Waals surface area contributed by atoms with E-state index in [9.17, 15) is 10.1 Å². The maximum atomic E-state index is 12.3. The topological polar surface area (TPSA) is 64.3 Å². The van der Waals surface area contributed by atoms with Gasteiger partial charge in [-0.2, -0.15) is 5.26 Å². The van der Waals surface area contributed by atoms with E-state index in [1.165, 1.54) is 0 Å². The summed E-state index contributed by atoms with van der Waals surface area (Å²) in [5.74, 6) is -0.960. The molecule has 1 aromatic rings. The number of hydrogen-bond donors (Lipinski definition) is 1. The second kappa shape index (κ2) is 5.65. The van der Waals surface area contributed by atoms with E-state index >= 15 is 0 Å². The third kappa shape index (κ3) is 2.69. The van der Waals surface area contributed by atoms with Crippen LogP contribution in [0.5, 0.6) is 0 Å². The quantitative estimate of drug-likeness (QED) is 0.848. The Bertz CT molecular complexity index is 449. The zero-order valence-corrected chi connectivity index (χ0v) is 10.1. The monoisotopic (exact) mass is 244 g/mol. The molecule has 0 spiro atoms. The minimum atomic E-state index is -0.765. The molecule has 1 N–H and O–H groups in total. The van der Waals surface area contributed by atoms with Gasteiger partial charge in [-0.05, 0) is 18.4 Å². The Morgan fingerprint density at radius 3 is 2.61 bits per heavy atom. The van der Waals surface area contributed by atoms with Crippen LogP contribution < -0.4 is 0 Å². The summed E-state index contributed by atoms with van der Waals surface area (Å²) in [4.78, 5) is 14.0. The molecule has 18 heavy (non-hydrogen) atoms. The molecule has 0 bridgehead atoms. The lowest BCUT2D eigenvalue weighted by Crippen LogP contribution is -2.38. The molecule has 1 fully saturated rings. The largest absolute Gasteiger partial charge is 0.395 e. The van der Waals surface area contributed by atoms with Crippen molar-refractivity contribution in [3.63, 3.8) is 0 Å². The number of nitriles is 1. The van der Waals surface area contributed by atoms with Gasteiger partial charge in [0.25, 0.3) is 0 Å². The predicted molar refractivity (Wildman–Crippen MR) is 66.6 cm³/mol. The summed E-state index contributed by atoms with van der Waals surface area (Å²) in [5, 5.41) is 18.2. The molecule has 1 aromatic carbocycles. The highest BCUT2D eigenvalue weighted by atomic mass is 16.3. The van der Waals surface area contributed by atoms with Gasteiger partial charge in [-0.1, -0.05) is 30.3 Å². The van der Waals surface area contributed by atoms with Gasteiger partial charge in [-0.3, -0.25) is 4.79 Å². The highest BCUT2D eigenvalue weighted by molar-refractivity contribution is 5.87. The lowest BCUT2D eigenvalue weighted by Gasteiger charge is -2.23. The first-order valence-electron chi connectivity index (χ1n) is 6.14. The molecule has 0 radical (unpaired) electrons. The molecule has 4 heteroatoms. The summed E-state index contributed by atoms with van der Waals surface area (Å²) in [7, 11) is 0. The Labute approximate surface area is 106 Å². The summed E-state index contributed by atoms with van der Waals surface area (Å²) in [6.07, 6.45) is 1.94. The lowest BCUT2D eigenvalue weighted by atomic mass is 9.99. The smallest absolute Gasteiger partial charge is 0.244 e. The molecule has 94 valence electrons. The number of carbonyl (C=O) groups excluding carboxylic acids is 1. The third-order valence-electron chi connectivity index (χ3n) is 3.12. The first-order valence-corrected chi connectivity index (χ1v) is 6.14. The molecular weight excluding hydrogens is 228 g/mol. The maximum absolute atomic E-state index is 12.3. The number of amides is 1. The van der Waals surface area contributed by atoms with Crippen LogP contribution in [-0.2, 0) is 4.79 Å². The average molecular weight is 244 g/mol. The molecule has 4 nitrogen and oxygen atoms in total. The summed E-state index contributed by atoms with van der Waals surface area (Å²) in [5.41, 5.74) is 0.716. The number of nitrogens with zero attached hydrogens (tertiary/aromatic N) is 2. The predicted octanol–water partition coefficient (Wildman–Crippen LogP) is 1.28. The van der Waals surface area contributed by atoms with Gasteiger partial charge in [0.15, 0.2) is 0 Å². The van der Waals surface area contributed by atoms with Crippen LogP contribution in [0.15, 0.2) is 30.3 Å². The molecule has 0 aromatic heterocycles. The molecule has 1 saturated carbocycles. The SMILES string of the molecule is N#CC(C(=O)N(CCO)C1CC1)c1ccccc1. The van der Waals surface area contributed by atoms with Crippen LogP contribution in [0.1, 0.15) is 24.3 Å². The minimum absolute atomic E-state index is 0.0603. The van der Waals surface area contributed by atoms with E-state index in [0.717, 1.165) is 12.8 Å². The van der Waals surface area contributed by atoms with Crippen molar-refractivity contribution in [1.29, 1.82) is 5.26 Å². The van der Waals surface area contributed by atoms with Gasteiger partial charge < -0.3 is 10.0 Å². The molecule has 1 amide bonds. The van der Waals surface area contributed by atoms with Crippen molar-refractivity contribution in [3.8, 4) is 6.07 Å². The third-order valence-corrected chi connectivity index (χ3v) is 3.12. The summed E-state index contributed by atoms with van der Waals surface area (Å²) < 4.78 is 0. The fraction of sp³-hybridized carbons (Fsp3) is 0.429. The molecule has 1 aliphatic rings. The van der Waals surface area contributed by atoms with Crippen molar-refractivity contribution in [2.75, 3.05) is 13.2 Å². The lowest BCUT2D eigenvalue weighted by molar-refractivity contribution is -0.132. The fourth-order valence-electron chi connectivity index (χ4n) is 2.05. The van der Waals surface area contributed by atoms with E-state index in [1.54, 1.807) is 17.0 Å². The maximum Gasteiger partial charge on any atom is 0.244 e. The van der Waals surface area contributed by atoms with Gasteiger partial charge in [0, 0.05) is 12.6 Å². The van der Waals surface area contributed by atoms with Crippen LogP contribution in [-0.4, -0.2) is 35.1 Å². The Hall–Kier alpha value is -1.86. The molecular formula is C14H16N2O2. The van der Waals surface area contributed by atoms with Crippen molar-refractivity contribution >= 4 is 5.91 Å². The molecule has 0 aliphatic heterocycles. The molecule has 0 heterocycles. The zero-order valence-electron chi connectivity index (χ0n) is 10.1. The van der Waals surface area contributed by atoms with Crippen LogP contribution in [0.3, 0.4) is 0 Å².